The van der Waals surface area contributed by atoms with Crippen molar-refractivity contribution in [1.29, 1.82) is 0 Å². The molecule has 0 saturated carbocycles. The molecule has 1 aliphatic heterocycles. The van der Waals surface area contributed by atoms with E-state index in [4.69, 9.17) is 17.0 Å². The topological polar surface area (TPSA) is 71.4 Å². The van der Waals surface area contributed by atoms with E-state index in [1.54, 1.807) is 0 Å². The second kappa shape index (κ2) is 10.8. The summed E-state index contributed by atoms with van der Waals surface area (Å²) in [4.78, 5) is 18.8. The number of carbonyl (C=O) groups is 1. The van der Waals surface area contributed by atoms with E-state index < -0.39 is 0 Å². The van der Waals surface area contributed by atoms with Gasteiger partial charge in [0.15, 0.2) is 5.11 Å². The van der Waals surface area contributed by atoms with E-state index in [0.717, 1.165) is 22.8 Å². The Labute approximate surface area is 228 Å². The first-order valence-corrected chi connectivity index (χ1v) is 12.9. The van der Waals surface area contributed by atoms with Gasteiger partial charge in [0.2, 0.25) is 5.91 Å². The molecule has 2 N–H and O–H groups in total. The molecule has 4 aromatic rings. The van der Waals surface area contributed by atoms with Crippen LogP contribution in [0.3, 0.4) is 0 Å². The van der Waals surface area contributed by atoms with E-state index >= 15 is 0 Å². The number of methoxy groups -OCH3 is 1. The highest BCUT2D eigenvalue weighted by atomic mass is 32.1. The Bertz CT molecular complexity index is 1470. The van der Waals surface area contributed by atoms with Crippen molar-refractivity contribution in [2.75, 3.05) is 23.9 Å². The Kier molecular flexibility index (Phi) is 7.26. The molecule has 7 nitrogen and oxygen atoms in total. The number of aryl methyl sites for hydroxylation is 2. The fourth-order valence-electron chi connectivity index (χ4n) is 5.25. The van der Waals surface area contributed by atoms with Gasteiger partial charge in [0, 0.05) is 41.8 Å². The molecule has 1 fully saturated rings. The summed E-state index contributed by atoms with van der Waals surface area (Å²) in [5.41, 5.74) is 8.41. The van der Waals surface area contributed by atoms with Crippen LogP contribution in [0.1, 0.15) is 40.3 Å². The van der Waals surface area contributed by atoms with Crippen molar-refractivity contribution in [3.05, 3.63) is 107 Å². The van der Waals surface area contributed by atoms with Crippen LogP contribution >= 0.6 is 12.2 Å². The van der Waals surface area contributed by atoms with Crippen LogP contribution in [-0.4, -0.2) is 34.3 Å². The first-order chi connectivity index (χ1) is 18.4. The van der Waals surface area contributed by atoms with Gasteiger partial charge >= 0.3 is 0 Å². The lowest BCUT2D eigenvalue weighted by Gasteiger charge is -2.28. The summed E-state index contributed by atoms with van der Waals surface area (Å²) in [5, 5.41) is 7.01. The maximum Gasteiger partial charge on any atom is 0.250 e. The van der Waals surface area contributed by atoms with Crippen molar-refractivity contribution < 1.29 is 9.53 Å². The first-order valence-electron chi connectivity index (χ1n) is 12.5. The van der Waals surface area contributed by atoms with Gasteiger partial charge < -0.3 is 24.8 Å². The molecular weight excluding hydrogens is 494 g/mol. The molecule has 0 aliphatic carbocycles. The molecule has 2 aromatic carbocycles. The van der Waals surface area contributed by atoms with Gasteiger partial charge in [-0.1, -0.05) is 24.3 Å². The average Bonchev–Trinajstić information content (AvgIpc) is 3.40. The molecule has 1 aliphatic rings. The van der Waals surface area contributed by atoms with Crippen LogP contribution in [0.15, 0.2) is 79.0 Å². The van der Waals surface area contributed by atoms with Crippen molar-refractivity contribution in [2.45, 2.75) is 32.9 Å². The molecule has 1 amide bonds. The second-order valence-electron chi connectivity index (χ2n) is 9.47. The third kappa shape index (κ3) is 4.80. The van der Waals surface area contributed by atoms with Crippen molar-refractivity contribution in [2.24, 2.45) is 0 Å². The Morgan fingerprint density at radius 1 is 1.05 bits per heavy atom. The Hall–Kier alpha value is -4.01. The summed E-state index contributed by atoms with van der Waals surface area (Å²) in [6.45, 7) is 6.45. The summed E-state index contributed by atoms with van der Waals surface area (Å²) < 4.78 is 7.23. The zero-order chi connectivity index (χ0) is 26.8. The Morgan fingerprint density at radius 3 is 2.47 bits per heavy atom. The van der Waals surface area contributed by atoms with E-state index in [-0.39, 0.29) is 24.6 Å². The van der Waals surface area contributed by atoms with Gasteiger partial charge in [-0.05, 0) is 92.6 Å². The van der Waals surface area contributed by atoms with E-state index in [0.29, 0.717) is 10.8 Å². The zero-order valence-electron chi connectivity index (χ0n) is 21.9. The summed E-state index contributed by atoms with van der Waals surface area (Å²) >= 11 is 5.91. The maximum atomic E-state index is 12.0. The third-order valence-corrected chi connectivity index (χ3v) is 7.26. The number of rotatable bonds is 7. The molecule has 0 radical (unpaired) electrons. The largest absolute Gasteiger partial charge is 0.375 e. The standard InChI is InChI=1S/C30H31N5O2S/c1-19-9-5-6-11-26(19)34-20(2)17-24(21(34)3)29-28(25-10-7-8-16-31-25)33-30(38)35(29)23-14-12-22(13-15-23)32-27(36)18-37-4/h5-17,28-29H,18H2,1-4H3,(H,32,36)(H,33,38)/t28-,29+/m1/s1. The van der Waals surface area contributed by atoms with Gasteiger partial charge in [-0.3, -0.25) is 9.78 Å². The number of benzene rings is 2. The van der Waals surface area contributed by atoms with Crippen molar-refractivity contribution >= 4 is 34.6 Å². The number of amides is 1. The summed E-state index contributed by atoms with van der Waals surface area (Å²) in [7, 11) is 1.50. The van der Waals surface area contributed by atoms with Gasteiger partial charge in [-0.25, -0.2) is 0 Å². The van der Waals surface area contributed by atoms with E-state index in [1.165, 1.54) is 23.9 Å². The van der Waals surface area contributed by atoms with Gasteiger partial charge in [0.05, 0.1) is 17.8 Å². The highest BCUT2D eigenvalue weighted by Crippen LogP contribution is 2.44. The zero-order valence-corrected chi connectivity index (χ0v) is 22.8. The highest BCUT2D eigenvalue weighted by Gasteiger charge is 2.42. The lowest BCUT2D eigenvalue weighted by Crippen LogP contribution is -2.29. The Morgan fingerprint density at radius 2 is 1.79 bits per heavy atom. The molecule has 5 rings (SSSR count). The molecule has 2 atom stereocenters. The molecule has 8 heteroatoms. The van der Waals surface area contributed by atoms with Crippen LogP contribution in [-0.2, 0) is 9.53 Å². The lowest BCUT2D eigenvalue weighted by molar-refractivity contribution is -0.119. The predicted octanol–water partition coefficient (Wildman–Crippen LogP) is 5.56. The van der Waals surface area contributed by atoms with Gasteiger partial charge in [-0.2, -0.15) is 0 Å². The number of carbonyl (C=O) groups excluding carboxylic acids is 1. The fraction of sp³-hybridized carbons (Fsp3) is 0.233. The van der Waals surface area contributed by atoms with E-state index in [2.05, 4.69) is 76.2 Å². The van der Waals surface area contributed by atoms with Crippen LogP contribution in [0.2, 0.25) is 0 Å². The highest BCUT2D eigenvalue weighted by molar-refractivity contribution is 7.80. The minimum absolute atomic E-state index is 0.00617. The number of ether oxygens (including phenoxy) is 1. The molecule has 3 heterocycles. The van der Waals surface area contributed by atoms with Gasteiger partial charge in [0.25, 0.3) is 0 Å². The molecule has 38 heavy (non-hydrogen) atoms. The first kappa shape index (κ1) is 25.6. The van der Waals surface area contributed by atoms with Crippen molar-refractivity contribution in [1.82, 2.24) is 14.9 Å². The smallest absolute Gasteiger partial charge is 0.250 e. The molecule has 0 unspecified atom stereocenters. The molecule has 0 spiro atoms. The van der Waals surface area contributed by atoms with Gasteiger partial charge in [-0.15, -0.1) is 0 Å². The number of anilines is 2. The SMILES string of the molecule is COCC(=O)Nc1ccc(N2C(=S)N[C@H](c3ccccn3)[C@@H]2c2cc(C)n(-c3ccccc3C)c2C)cc1. The predicted molar refractivity (Wildman–Crippen MR) is 155 cm³/mol. The number of nitrogens with one attached hydrogen (secondary N) is 2. The minimum Gasteiger partial charge on any atom is -0.375 e. The number of nitrogens with zero attached hydrogens (tertiary/aromatic N) is 3. The fourth-order valence-corrected chi connectivity index (χ4v) is 5.60. The summed E-state index contributed by atoms with van der Waals surface area (Å²) in [6.07, 6.45) is 1.81. The summed E-state index contributed by atoms with van der Waals surface area (Å²) in [6, 6.07) is 24.1. The third-order valence-electron chi connectivity index (χ3n) is 6.95. The maximum absolute atomic E-state index is 12.0. The number of aromatic nitrogens is 2. The van der Waals surface area contributed by atoms with E-state index in [1.807, 2.05) is 48.7 Å². The molecular formula is C30H31N5O2S. The number of para-hydroxylation sites is 1. The van der Waals surface area contributed by atoms with Crippen LogP contribution in [0.5, 0.6) is 0 Å². The normalized spacial score (nSPS) is 16.9. The quantitative estimate of drug-likeness (QED) is 0.308. The number of hydrogen-bond donors (Lipinski definition) is 2. The lowest BCUT2D eigenvalue weighted by atomic mass is 9.96. The van der Waals surface area contributed by atoms with Gasteiger partial charge in [0.1, 0.15) is 6.61 Å². The second-order valence-corrected chi connectivity index (χ2v) is 9.86. The van der Waals surface area contributed by atoms with Crippen LogP contribution in [0, 0.1) is 20.8 Å². The molecule has 0 bridgehead atoms. The van der Waals surface area contributed by atoms with Crippen LogP contribution in [0.25, 0.3) is 5.69 Å². The van der Waals surface area contributed by atoms with Crippen molar-refractivity contribution in [3.63, 3.8) is 0 Å². The minimum atomic E-state index is -0.199. The average molecular weight is 526 g/mol. The molecule has 1 saturated heterocycles. The van der Waals surface area contributed by atoms with E-state index in [9.17, 15) is 4.79 Å². The Balaban J connectivity index is 1.59. The van der Waals surface area contributed by atoms with Crippen LogP contribution < -0.4 is 15.5 Å². The molecule has 2 aromatic heterocycles. The van der Waals surface area contributed by atoms with Crippen LogP contribution in [0.4, 0.5) is 11.4 Å². The monoisotopic (exact) mass is 525 g/mol. The molecule has 194 valence electrons. The van der Waals surface area contributed by atoms with Crippen molar-refractivity contribution in [3.8, 4) is 5.69 Å². The number of thiocarbonyl (C=S) groups is 1. The number of pyridine rings is 1. The summed E-state index contributed by atoms with van der Waals surface area (Å²) in [5.74, 6) is -0.199. The number of hydrogen-bond acceptors (Lipinski definition) is 4.